The topological polar surface area (TPSA) is 58.6 Å². The van der Waals surface area contributed by atoms with Crippen molar-refractivity contribution < 1.29 is 14.3 Å². The molecule has 0 unspecified atom stereocenters. The first-order valence-corrected chi connectivity index (χ1v) is 8.89. The zero-order valence-corrected chi connectivity index (χ0v) is 16.2. The standard InChI is InChI=1S/C20H21BrN2O3/c1-3-12-26-18-10-4-15(5-11-18)14-23(2)19(24)13-22-20(25)16-6-8-17(21)9-7-16/h3-11H,1,12-14H2,2H3,(H,22,25). The van der Waals surface area contributed by atoms with Gasteiger partial charge in [-0.1, -0.05) is 40.7 Å². The fraction of sp³-hybridized carbons (Fsp3) is 0.200. The van der Waals surface area contributed by atoms with E-state index in [2.05, 4.69) is 27.8 Å². The number of benzene rings is 2. The normalized spacial score (nSPS) is 10.1. The van der Waals surface area contributed by atoms with Crippen LogP contribution in [0.25, 0.3) is 0 Å². The summed E-state index contributed by atoms with van der Waals surface area (Å²) in [7, 11) is 1.70. The summed E-state index contributed by atoms with van der Waals surface area (Å²) in [6.45, 7) is 4.46. The van der Waals surface area contributed by atoms with Gasteiger partial charge < -0.3 is 15.0 Å². The van der Waals surface area contributed by atoms with Crippen molar-refractivity contribution in [1.29, 1.82) is 0 Å². The summed E-state index contributed by atoms with van der Waals surface area (Å²) in [6, 6.07) is 14.5. The van der Waals surface area contributed by atoms with E-state index in [-0.39, 0.29) is 18.4 Å². The molecule has 0 fully saturated rings. The monoisotopic (exact) mass is 416 g/mol. The molecule has 0 bridgehead atoms. The van der Waals surface area contributed by atoms with Crippen LogP contribution in [0.1, 0.15) is 15.9 Å². The van der Waals surface area contributed by atoms with Crippen LogP contribution in [0.2, 0.25) is 0 Å². The minimum atomic E-state index is -0.275. The number of halogens is 1. The van der Waals surface area contributed by atoms with E-state index in [4.69, 9.17) is 4.74 Å². The Labute approximate surface area is 161 Å². The molecule has 2 amide bonds. The lowest BCUT2D eigenvalue weighted by Gasteiger charge is -2.18. The molecule has 136 valence electrons. The van der Waals surface area contributed by atoms with Crippen LogP contribution < -0.4 is 10.1 Å². The molecular weight excluding hydrogens is 396 g/mol. The summed E-state index contributed by atoms with van der Waals surface area (Å²) in [4.78, 5) is 25.8. The third-order valence-corrected chi connectivity index (χ3v) is 4.17. The fourth-order valence-electron chi connectivity index (χ4n) is 2.20. The lowest BCUT2D eigenvalue weighted by Crippen LogP contribution is -2.37. The van der Waals surface area contributed by atoms with Gasteiger partial charge in [0.1, 0.15) is 12.4 Å². The molecule has 2 aromatic carbocycles. The van der Waals surface area contributed by atoms with Crippen molar-refractivity contribution in [2.75, 3.05) is 20.2 Å². The molecule has 0 radical (unpaired) electrons. The molecule has 0 aliphatic rings. The van der Waals surface area contributed by atoms with E-state index in [1.165, 1.54) is 0 Å². The van der Waals surface area contributed by atoms with Crippen molar-refractivity contribution >= 4 is 27.7 Å². The average molecular weight is 417 g/mol. The van der Waals surface area contributed by atoms with Crippen molar-refractivity contribution in [3.8, 4) is 5.75 Å². The Morgan fingerprint density at radius 3 is 2.42 bits per heavy atom. The first-order chi connectivity index (χ1) is 12.5. The summed E-state index contributed by atoms with van der Waals surface area (Å²) in [5, 5.41) is 2.64. The minimum absolute atomic E-state index is 0.0497. The van der Waals surface area contributed by atoms with Gasteiger partial charge in [0.25, 0.3) is 5.91 Å². The van der Waals surface area contributed by atoms with E-state index < -0.39 is 0 Å². The Kier molecular flexibility index (Phi) is 7.41. The van der Waals surface area contributed by atoms with E-state index in [1.807, 2.05) is 24.3 Å². The van der Waals surface area contributed by atoms with Gasteiger partial charge in [-0.25, -0.2) is 0 Å². The predicted octanol–water partition coefficient (Wildman–Crippen LogP) is 3.40. The largest absolute Gasteiger partial charge is 0.490 e. The van der Waals surface area contributed by atoms with Crippen LogP contribution in [0, 0.1) is 0 Å². The van der Waals surface area contributed by atoms with Crippen LogP contribution >= 0.6 is 15.9 Å². The lowest BCUT2D eigenvalue weighted by molar-refractivity contribution is -0.129. The van der Waals surface area contributed by atoms with Crippen molar-refractivity contribution in [1.82, 2.24) is 10.2 Å². The zero-order chi connectivity index (χ0) is 18.9. The van der Waals surface area contributed by atoms with Crippen molar-refractivity contribution in [3.05, 3.63) is 76.8 Å². The second-order valence-electron chi connectivity index (χ2n) is 5.68. The Bertz CT molecular complexity index is 758. The highest BCUT2D eigenvalue weighted by molar-refractivity contribution is 9.10. The predicted molar refractivity (Wildman–Crippen MR) is 105 cm³/mol. The quantitative estimate of drug-likeness (QED) is 0.670. The van der Waals surface area contributed by atoms with Crippen molar-refractivity contribution in [2.24, 2.45) is 0 Å². The van der Waals surface area contributed by atoms with Crippen LogP contribution in [0.15, 0.2) is 65.7 Å². The minimum Gasteiger partial charge on any atom is -0.490 e. The molecule has 2 aromatic rings. The van der Waals surface area contributed by atoms with Gasteiger partial charge in [0.05, 0.1) is 6.54 Å². The van der Waals surface area contributed by atoms with Crippen LogP contribution in [-0.2, 0) is 11.3 Å². The molecule has 6 heteroatoms. The maximum Gasteiger partial charge on any atom is 0.251 e. The molecule has 0 spiro atoms. The van der Waals surface area contributed by atoms with Crippen molar-refractivity contribution in [3.63, 3.8) is 0 Å². The number of nitrogens with zero attached hydrogens (tertiary/aromatic N) is 1. The molecule has 0 saturated heterocycles. The molecule has 26 heavy (non-hydrogen) atoms. The Hall–Kier alpha value is -2.60. The smallest absolute Gasteiger partial charge is 0.251 e. The van der Waals surface area contributed by atoms with E-state index in [0.29, 0.717) is 18.7 Å². The third-order valence-electron chi connectivity index (χ3n) is 3.64. The Balaban J connectivity index is 1.82. The van der Waals surface area contributed by atoms with Gasteiger partial charge in [0, 0.05) is 23.6 Å². The molecule has 1 N–H and O–H groups in total. The molecule has 5 nitrogen and oxygen atoms in total. The Morgan fingerprint density at radius 2 is 1.81 bits per heavy atom. The molecule has 0 aliphatic carbocycles. The highest BCUT2D eigenvalue weighted by Gasteiger charge is 2.12. The van der Waals surface area contributed by atoms with Crippen molar-refractivity contribution in [2.45, 2.75) is 6.54 Å². The number of ether oxygens (including phenoxy) is 1. The van der Waals surface area contributed by atoms with E-state index in [1.54, 1.807) is 42.3 Å². The van der Waals surface area contributed by atoms with Crippen LogP contribution in [0.5, 0.6) is 5.75 Å². The van der Waals surface area contributed by atoms with Gasteiger partial charge >= 0.3 is 0 Å². The van der Waals surface area contributed by atoms with Gasteiger partial charge in [0.15, 0.2) is 0 Å². The molecule has 0 atom stereocenters. The zero-order valence-electron chi connectivity index (χ0n) is 14.6. The second kappa shape index (κ2) is 9.77. The highest BCUT2D eigenvalue weighted by atomic mass is 79.9. The number of hydrogen-bond acceptors (Lipinski definition) is 3. The summed E-state index contributed by atoms with van der Waals surface area (Å²) < 4.78 is 6.32. The number of carbonyl (C=O) groups is 2. The first-order valence-electron chi connectivity index (χ1n) is 8.10. The molecule has 0 aliphatic heterocycles. The van der Waals surface area contributed by atoms with E-state index in [9.17, 15) is 9.59 Å². The van der Waals surface area contributed by atoms with E-state index in [0.717, 1.165) is 15.8 Å². The fourth-order valence-corrected chi connectivity index (χ4v) is 2.47. The highest BCUT2D eigenvalue weighted by Crippen LogP contribution is 2.13. The summed E-state index contributed by atoms with van der Waals surface area (Å²) in [5.41, 5.74) is 1.49. The number of nitrogens with one attached hydrogen (secondary N) is 1. The third kappa shape index (κ3) is 6.04. The van der Waals surface area contributed by atoms with Gasteiger partial charge in [-0.15, -0.1) is 0 Å². The second-order valence-corrected chi connectivity index (χ2v) is 6.60. The summed E-state index contributed by atoms with van der Waals surface area (Å²) in [5.74, 6) is 0.315. The number of carbonyl (C=O) groups excluding carboxylic acids is 2. The maximum atomic E-state index is 12.2. The molecule has 0 aromatic heterocycles. The van der Waals surface area contributed by atoms with Gasteiger partial charge in [-0.2, -0.15) is 0 Å². The summed E-state index contributed by atoms with van der Waals surface area (Å²) in [6.07, 6.45) is 1.68. The Morgan fingerprint density at radius 1 is 1.15 bits per heavy atom. The average Bonchev–Trinajstić information content (AvgIpc) is 2.65. The number of rotatable bonds is 8. The SMILES string of the molecule is C=CCOc1ccc(CN(C)C(=O)CNC(=O)c2ccc(Br)cc2)cc1. The first kappa shape index (κ1) is 19.7. The van der Waals surface area contributed by atoms with Crippen LogP contribution in [0.4, 0.5) is 0 Å². The molecule has 0 saturated carbocycles. The van der Waals surface area contributed by atoms with Crippen LogP contribution in [0.3, 0.4) is 0 Å². The molecule has 0 heterocycles. The number of likely N-dealkylation sites (N-methyl/N-ethyl adjacent to an activating group) is 1. The van der Waals surface area contributed by atoms with Crippen LogP contribution in [-0.4, -0.2) is 36.9 Å². The number of hydrogen-bond donors (Lipinski definition) is 1. The lowest BCUT2D eigenvalue weighted by atomic mass is 10.2. The maximum absolute atomic E-state index is 12.2. The van der Waals surface area contributed by atoms with Gasteiger partial charge in [0.2, 0.25) is 5.91 Å². The summed E-state index contributed by atoms with van der Waals surface area (Å²) >= 11 is 3.32. The van der Waals surface area contributed by atoms with Gasteiger partial charge in [-0.05, 0) is 42.0 Å². The molecule has 2 rings (SSSR count). The molecular formula is C20H21BrN2O3. The van der Waals surface area contributed by atoms with Gasteiger partial charge in [-0.3, -0.25) is 9.59 Å². The number of amides is 2. The van der Waals surface area contributed by atoms with E-state index >= 15 is 0 Å².